The van der Waals surface area contributed by atoms with Gasteiger partial charge < -0.3 is 5.11 Å². The van der Waals surface area contributed by atoms with Gasteiger partial charge in [0.1, 0.15) is 5.82 Å². The molecule has 1 atom stereocenters. The maximum atomic E-state index is 13.0. The fraction of sp³-hybridized carbons (Fsp3) is 0.200. The van der Waals surface area contributed by atoms with Crippen LogP contribution in [-0.4, -0.2) is 5.11 Å². The molecule has 4 heteroatoms. The van der Waals surface area contributed by atoms with Crippen LogP contribution >= 0.6 is 27.5 Å². The van der Waals surface area contributed by atoms with E-state index >= 15 is 0 Å². The van der Waals surface area contributed by atoms with Crippen molar-refractivity contribution in [2.45, 2.75) is 18.9 Å². The first kappa shape index (κ1) is 14.5. The van der Waals surface area contributed by atoms with Gasteiger partial charge in [-0.3, -0.25) is 0 Å². The van der Waals surface area contributed by atoms with Crippen molar-refractivity contribution in [2.24, 2.45) is 0 Å². The van der Waals surface area contributed by atoms with Gasteiger partial charge in [-0.2, -0.15) is 0 Å². The minimum atomic E-state index is -1.06. The summed E-state index contributed by atoms with van der Waals surface area (Å²) in [5.74, 6) is -0.379. The Bertz CT molecular complexity index is 598. The fourth-order valence-corrected chi connectivity index (χ4v) is 2.59. The molecule has 19 heavy (non-hydrogen) atoms. The van der Waals surface area contributed by atoms with Gasteiger partial charge >= 0.3 is 0 Å². The van der Waals surface area contributed by atoms with Crippen LogP contribution < -0.4 is 0 Å². The maximum absolute atomic E-state index is 13.0. The van der Waals surface area contributed by atoms with Crippen LogP contribution in [0.3, 0.4) is 0 Å². The highest BCUT2D eigenvalue weighted by molar-refractivity contribution is 9.10. The second-order valence-electron chi connectivity index (χ2n) is 4.70. The lowest BCUT2D eigenvalue weighted by molar-refractivity contribution is 0.0575. The van der Waals surface area contributed by atoms with Crippen LogP contribution in [0, 0.1) is 5.82 Å². The second-order valence-corrected chi connectivity index (χ2v) is 6.02. The smallest absolute Gasteiger partial charge is 0.124 e. The van der Waals surface area contributed by atoms with E-state index in [9.17, 15) is 9.50 Å². The number of aliphatic hydroxyl groups is 1. The molecule has 1 nitrogen and oxygen atoms in total. The van der Waals surface area contributed by atoms with Crippen molar-refractivity contribution in [2.75, 3.05) is 0 Å². The average molecular weight is 344 g/mol. The van der Waals surface area contributed by atoms with Crippen LogP contribution in [0.2, 0.25) is 5.02 Å². The Balaban J connectivity index is 2.30. The average Bonchev–Trinajstić information content (AvgIpc) is 2.33. The van der Waals surface area contributed by atoms with E-state index in [1.54, 1.807) is 13.0 Å². The minimum absolute atomic E-state index is 0.322. The van der Waals surface area contributed by atoms with E-state index in [1.807, 2.05) is 24.3 Å². The number of benzene rings is 2. The van der Waals surface area contributed by atoms with Gasteiger partial charge in [-0.25, -0.2) is 4.39 Å². The van der Waals surface area contributed by atoms with Crippen LogP contribution in [0.4, 0.5) is 4.39 Å². The number of hydrogen-bond acceptors (Lipinski definition) is 1. The molecule has 0 fully saturated rings. The summed E-state index contributed by atoms with van der Waals surface area (Å²) in [6.07, 6.45) is 0.322. The highest BCUT2D eigenvalue weighted by Crippen LogP contribution is 2.30. The SMILES string of the molecule is CC(O)(Cc1ccc(F)cc1Cl)c1cccc(Br)c1. The lowest BCUT2D eigenvalue weighted by atomic mass is 9.89. The number of hydrogen-bond donors (Lipinski definition) is 1. The third kappa shape index (κ3) is 3.56. The van der Waals surface area contributed by atoms with Crippen molar-refractivity contribution in [3.05, 3.63) is 68.9 Å². The summed E-state index contributed by atoms with van der Waals surface area (Å²) in [6, 6.07) is 11.7. The Morgan fingerprint density at radius 3 is 2.63 bits per heavy atom. The van der Waals surface area contributed by atoms with Gasteiger partial charge in [0.15, 0.2) is 0 Å². The molecule has 100 valence electrons. The molecule has 0 radical (unpaired) electrons. The summed E-state index contributed by atoms with van der Waals surface area (Å²) < 4.78 is 13.9. The molecule has 2 aromatic rings. The van der Waals surface area contributed by atoms with Crippen molar-refractivity contribution < 1.29 is 9.50 Å². The third-order valence-electron chi connectivity index (χ3n) is 3.00. The Kier molecular flexibility index (Phi) is 4.29. The van der Waals surface area contributed by atoms with Crippen LogP contribution in [0.1, 0.15) is 18.1 Å². The minimum Gasteiger partial charge on any atom is -0.385 e. The molecule has 0 saturated carbocycles. The Morgan fingerprint density at radius 1 is 1.26 bits per heavy atom. The predicted octanol–water partition coefficient (Wildman–Crippen LogP) is 4.69. The zero-order valence-corrected chi connectivity index (χ0v) is 12.7. The molecule has 0 heterocycles. The van der Waals surface area contributed by atoms with Crippen LogP contribution in [-0.2, 0) is 12.0 Å². The van der Waals surface area contributed by atoms with Crippen molar-refractivity contribution in [3.63, 3.8) is 0 Å². The molecular weight excluding hydrogens is 331 g/mol. The lowest BCUT2D eigenvalue weighted by Gasteiger charge is -2.24. The molecule has 2 aromatic carbocycles. The van der Waals surface area contributed by atoms with Crippen LogP contribution in [0.15, 0.2) is 46.9 Å². The number of halogens is 3. The van der Waals surface area contributed by atoms with Gasteiger partial charge in [0.25, 0.3) is 0 Å². The van der Waals surface area contributed by atoms with E-state index in [4.69, 9.17) is 11.6 Å². The molecule has 1 unspecified atom stereocenters. The molecule has 0 spiro atoms. The van der Waals surface area contributed by atoms with Crippen molar-refractivity contribution in [3.8, 4) is 0 Å². The molecule has 0 saturated heterocycles. The molecule has 1 N–H and O–H groups in total. The van der Waals surface area contributed by atoms with E-state index < -0.39 is 5.60 Å². The van der Waals surface area contributed by atoms with Crippen molar-refractivity contribution in [1.29, 1.82) is 0 Å². The third-order valence-corrected chi connectivity index (χ3v) is 3.84. The Labute approximate surface area is 125 Å². The van der Waals surface area contributed by atoms with Gasteiger partial charge in [0.05, 0.1) is 5.60 Å². The summed E-state index contributed by atoms with van der Waals surface area (Å²) in [5, 5.41) is 10.9. The lowest BCUT2D eigenvalue weighted by Crippen LogP contribution is -2.24. The summed E-state index contributed by atoms with van der Waals surface area (Å²) in [7, 11) is 0. The van der Waals surface area contributed by atoms with Gasteiger partial charge in [0.2, 0.25) is 0 Å². The maximum Gasteiger partial charge on any atom is 0.124 e. The van der Waals surface area contributed by atoms with Crippen molar-refractivity contribution >= 4 is 27.5 Å². The largest absolute Gasteiger partial charge is 0.385 e. The molecule has 2 rings (SSSR count). The van der Waals surface area contributed by atoms with Gasteiger partial charge in [-0.1, -0.05) is 45.7 Å². The summed E-state index contributed by atoms with van der Waals surface area (Å²) in [4.78, 5) is 0. The standard InChI is InChI=1S/C15H13BrClFO/c1-15(19,11-3-2-4-12(16)7-11)9-10-5-6-13(18)8-14(10)17/h2-8,19H,9H2,1H3. The van der Waals surface area contributed by atoms with Gasteiger partial charge in [-0.15, -0.1) is 0 Å². The van der Waals surface area contributed by atoms with Crippen LogP contribution in [0.25, 0.3) is 0 Å². The Hall–Kier alpha value is -0.900. The molecule has 0 aliphatic rings. The van der Waals surface area contributed by atoms with Gasteiger partial charge in [0, 0.05) is 15.9 Å². The second kappa shape index (κ2) is 5.61. The van der Waals surface area contributed by atoms with E-state index in [-0.39, 0.29) is 5.82 Å². The van der Waals surface area contributed by atoms with Crippen LogP contribution in [0.5, 0.6) is 0 Å². The first-order valence-corrected chi connectivity index (χ1v) is 6.98. The summed E-state index contributed by atoms with van der Waals surface area (Å²) in [6.45, 7) is 1.72. The quantitative estimate of drug-likeness (QED) is 0.857. The zero-order chi connectivity index (χ0) is 14.0. The molecule has 0 bridgehead atoms. The zero-order valence-electron chi connectivity index (χ0n) is 10.3. The van der Waals surface area contributed by atoms with E-state index in [0.717, 1.165) is 10.0 Å². The molecule has 0 aliphatic heterocycles. The topological polar surface area (TPSA) is 20.2 Å². The molecular formula is C15H13BrClFO. The molecule has 0 aromatic heterocycles. The van der Waals surface area contributed by atoms with Gasteiger partial charge in [-0.05, 0) is 42.3 Å². The normalized spacial score (nSPS) is 14.2. The first-order valence-electron chi connectivity index (χ1n) is 5.81. The van der Waals surface area contributed by atoms with E-state index in [1.165, 1.54) is 12.1 Å². The highest BCUT2D eigenvalue weighted by atomic mass is 79.9. The van der Waals surface area contributed by atoms with E-state index in [0.29, 0.717) is 17.0 Å². The molecule has 0 amide bonds. The monoisotopic (exact) mass is 342 g/mol. The molecule has 0 aliphatic carbocycles. The Morgan fingerprint density at radius 2 is 2.00 bits per heavy atom. The van der Waals surface area contributed by atoms with Crippen molar-refractivity contribution in [1.82, 2.24) is 0 Å². The number of rotatable bonds is 3. The summed E-state index contributed by atoms with van der Waals surface area (Å²) >= 11 is 9.37. The highest BCUT2D eigenvalue weighted by Gasteiger charge is 2.24. The summed E-state index contributed by atoms with van der Waals surface area (Å²) in [5.41, 5.74) is 0.431. The fourth-order valence-electron chi connectivity index (χ4n) is 1.96. The van der Waals surface area contributed by atoms with E-state index in [2.05, 4.69) is 15.9 Å². The predicted molar refractivity (Wildman–Crippen MR) is 78.8 cm³/mol. The first-order chi connectivity index (χ1) is 8.88.